The number of halogens is 1. The van der Waals surface area contributed by atoms with E-state index < -0.39 is 0 Å². The molecular weight excluding hydrogens is 257 g/mol. The van der Waals surface area contributed by atoms with E-state index >= 15 is 0 Å². The third-order valence-electron chi connectivity index (χ3n) is 2.95. The second kappa shape index (κ2) is 5.22. The lowest BCUT2D eigenvalue weighted by molar-refractivity contribution is 0.432. The molecule has 0 bridgehead atoms. The van der Waals surface area contributed by atoms with Crippen LogP contribution in [0, 0.1) is 5.82 Å². The number of nitrogens with two attached hydrogens (primary N) is 1. The molecule has 0 spiro atoms. The standard InChI is InChI=1S/C15H12FN3O/c16-13-3-1-2-12(8-13)14-18-15(20-19-14)11-6-4-10(9-17)5-7-11/h1-8H,9,17H2. The molecular formula is C15H12FN3O. The quantitative estimate of drug-likeness (QED) is 0.793. The largest absolute Gasteiger partial charge is 0.334 e. The fourth-order valence-corrected chi connectivity index (χ4v) is 1.87. The zero-order valence-corrected chi connectivity index (χ0v) is 10.6. The van der Waals surface area contributed by atoms with Crippen LogP contribution in [0.4, 0.5) is 4.39 Å². The molecule has 0 fully saturated rings. The summed E-state index contributed by atoms with van der Waals surface area (Å²) < 4.78 is 18.4. The summed E-state index contributed by atoms with van der Waals surface area (Å²) in [6.45, 7) is 0.485. The van der Waals surface area contributed by atoms with Crippen LogP contribution in [0.5, 0.6) is 0 Å². The zero-order chi connectivity index (χ0) is 13.9. The Kier molecular flexibility index (Phi) is 3.26. The molecule has 0 atom stereocenters. The second-order valence-corrected chi connectivity index (χ2v) is 4.33. The summed E-state index contributed by atoms with van der Waals surface area (Å²) in [7, 11) is 0. The first-order valence-electron chi connectivity index (χ1n) is 6.15. The fraction of sp³-hybridized carbons (Fsp3) is 0.0667. The van der Waals surface area contributed by atoms with Gasteiger partial charge in [0.25, 0.3) is 5.89 Å². The first-order chi connectivity index (χ1) is 9.76. The van der Waals surface area contributed by atoms with E-state index in [1.807, 2.05) is 24.3 Å². The van der Waals surface area contributed by atoms with E-state index in [1.54, 1.807) is 12.1 Å². The Morgan fingerprint density at radius 1 is 1.05 bits per heavy atom. The molecule has 1 heterocycles. The van der Waals surface area contributed by atoms with Crippen molar-refractivity contribution in [3.63, 3.8) is 0 Å². The summed E-state index contributed by atoms with van der Waals surface area (Å²) in [6.07, 6.45) is 0. The van der Waals surface area contributed by atoms with Gasteiger partial charge in [-0.1, -0.05) is 29.4 Å². The van der Waals surface area contributed by atoms with Gasteiger partial charge in [0.2, 0.25) is 5.82 Å². The van der Waals surface area contributed by atoms with Crippen LogP contribution >= 0.6 is 0 Å². The molecule has 0 aliphatic carbocycles. The van der Waals surface area contributed by atoms with Crippen molar-refractivity contribution in [1.82, 2.24) is 10.1 Å². The second-order valence-electron chi connectivity index (χ2n) is 4.33. The highest BCUT2D eigenvalue weighted by atomic mass is 19.1. The van der Waals surface area contributed by atoms with Crippen molar-refractivity contribution >= 4 is 0 Å². The first-order valence-corrected chi connectivity index (χ1v) is 6.15. The van der Waals surface area contributed by atoms with Crippen LogP contribution in [0.3, 0.4) is 0 Å². The highest BCUT2D eigenvalue weighted by Crippen LogP contribution is 2.22. The zero-order valence-electron chi connectivity index (χ0n) is 10.6. The molecule has 20 heavy (non-hydrogen) atoms. The van der Waals surface area contributed by atoms with Gasteiger partial charge in [-0.05, 0) is 29.8 Å². The number of aromatic nitrogens is 2. The molecule has 0 aliphatic rings. The van der Waals surface area contributed by atoms with Gasteiger partial charge in [0.05, 0.1) is 0 Å². The van der Waals surface area contributed by atoms with E-state index in [4.69, 9.17) is 10.3 Å². The van der Waals surface area contributed by atoms with Crippen LogP contribution in [-0.4, -0.2) is 10.1 Å². The summed E-state index contributed by atoms with van der Waals surface area (Å²) in [5.74, 6) is 0.427. The Hall–Kier alpha value is -2.53. The molecule has 0 amide bonds. The number of hydrogen-bond donors (Lipinski definition) is 1. The smallest absolute Gasteiger partial charge is 0.258 e. The van der Waals surface area contributed by atoms with Gasteiger partial charge in [-0.2, -0.15) is 4.98 Å². The van der Waals surface area contributed by atoms with Crippen molar-refractivity contribution in [2.45, 2.75) is 6.54 Å². The molecule has 100 valence electrons. The van der Waals surface area contributed by atoms with Gasteiger partial charge in [-0.15, -0.1) is 0 Å². The molecule has 1 aromatic heterocycles. The predicted molar refractivity (Wildman–Crippen MR) is 73.0 cm³/mol. The van der Waals surface area contributed by atoms with Crippen molar-refractivity contribution in [1.29, 1.82) is 0 Å². The minimum atomic E-state index is -0.332. The number of nitrogens with zero attached hydrogens (tertiary/aromatic N) is 2. The molecule has 0 saturated heterocycles. The number of rotatable bonds is 3. The lowest BCUT2D eigenvalue weighted by Gasteiger charge is -1.97. The van der Waals surface area contributed by atoms with Crippen molar-refractivity contribution in [2.24, 2.45) is 5.73 Å². The molecule has 4 nitrogen and oxygen atoms in total. The summed E-state index contributed by atoms with van der Waals surface area (Å²) in [5, 5.41) is 3.87. The van der Waals surface area contributed by atoms with E-state index in [9.17, 15) is 4.39 Å². The monoisotopic (exact) mass is 269 g/mol. The lowest BCUT2D eigenvalue weighted by Crippen LogP contribution is -1.95. The van der Waals surface area contributed by atoms with E-state index in [-0.39, 0.29) is 5.82 Å². The van der Waals surface area contributed by atoms with Gasteiger partial charge in [-0.25, -0.2) is 4.39 Å². The van der Waals surface area contributed by atoms with E-state index in [2.05, 4.69) is 10.1 Å². The van der Waals surface area contributed by atoms with Gasteiger partial charge < -0.3 is 10.3 Å². The minimum Gasteiger partial charge on any atom is -0.334 e. The molecule has 0 aliphatic heterocycles. The Morgan fingerprint density at radius 2 is 1.85 bits per heavy atom. The van der Waals surface area contributed by atoms with Crippen LogP contribution < -0.4 is 5.73 Å². The van der Waals surface area contributed by atoms with Crippen LogP contribution in [0.1, 0.15) is 5.56 Å². The van der Waals surface area contributed by atoms with E-state index in [1.165, 1.54) is 12.1 Å². The molecule has 2 N–H and O–H groups in total. The van der Waals surface area contributed by atoms with Crippen LogP contribution in [0.25, 0.3) is 22.8 Å². The van der Waals surface area contributed by atoms with Gasteiger partial charge in [0.15, 0.2) is 0 Å². The maximum absolute atomic E-state index is 13.2. The normalized spacial score (nSPS) is 10.7. The predicted octanol–water partition coefficient (Wildman–Crippen LogP) is 3.00. The van der Waals surface area contributed by atoms with Gasteiger partial charge >= 0.3 is 0 Å². The molecule has 3 rings (SSSR count). The molecule has 0 radical (unpaired) electrons. The lowest BCUT2D eigenvalue weighted by atomic mass is 10.1. The molecule has 5 heteroatoms. The van der Waals surface area contributed by atoms with E-state index in [0.717, 1.165) is 11.1 Å². The fourth-order valence-electron chi connectivity index (χ4n) is 1.87. The Bertz CT molecular complexity index is 722. The van der Waals surface area contributed by atoms with Crippen molar-refractivity contribution in [2.75, 3.05) is 0 Å². The number of benzene rings is 2. The molecule has 0 saturated carbocycles. The van der Waals surface area contributed by atoms with Crippen molar-refractivity contribution in [3.8, 4) is 22.8 Å². The van der Waals surface area contributed by atoms with Crippen LogP contribution in [0.15, 0.2) is 53.1 Å². The molecule has 2 aromatic carbocycles. The highest BCUT2D eigenvalue weighted by molar-refractivity contribution is 5.59. The summed E-state index contributed by atoms with van der Waals surface area (Å²) in [6, 6.07) is 13.6. The summed E-state index contributed by atoms with van der Waals surface area (Å²) in [4.78, 5) is 4.27. The average Bonchev–Trinajstić information content (AvgIpc) is 2.97. The maximum Gasteiger partial charge on any atom is 0.258 e. The Morgan fingerprint density at radius 3 is 2.55 bits per heavy atom. The molecule has 3 aromatic rings. The Balaban J connectivity index is 1.93. The average molecular weight is 269 g/mol. The van der Waals surface area contributed by atoms with Gasteiger partial charge in [0.1, 0.15) is 5.82 Å². The summed E-state index contributed by atoms with van der Waals surface area (Å²) in [5.41, 5.74) is 7.96. The minimum absolute atomic E-state index is 0.332. The third kappa shape index (κ3) is 2.44. The van der Waals surface area contributed by atoms with Gasteiger partial charge in [0, 0.05) is 17.7 Å². The SMILES string of the molecule is NCc1ccc(-c2nc(-c3cccc(F)c3)no2)cc1. The topological polar surface area (TPSA) is 64.9 Å². The van der Waals surface area contributed by atoms with E-state index in [0.29, 0.717) is 23.8 Å². The third-order valence-corrected chi connectivity index (χ3v) is 2.95. The van der Waals surface area contributed by atoms with Crippen LogP contribution in [-0.2, 0) is 6.54 Å². The van der Waals surface area contributed by atoms with Crippen molar-refractivity contribution < 1.29 is 8.91 Å². The van der Waals surface area contributed by atoms with Crippen LogP contribution in [0.2, 0.25) is 0 Å². The summed E-state index contributed by atoms with van der Waals surface area (Å²) >= 11 is 0. The molecule has 0 unspecified atom stereocenters. The highest BCUT2D eigenvalue weighted by Gasteiger charge is 2.10. The number of hydrogen-bond acceptors (Lipinski definition) is 4. The Labute approximate surface area is 115 Å². The van der Waals surface area contributed by atoms with Gasteiger partial charge in [-0.3, -0.25) is 0 Å². The van der Waals surface area contributed by atoms with Crippen molar-refractivity contribution in [3.05, 3.63) is 59.9 Å². The maximum atomic E-state index is 13.2. The first kappa shape index (κ1) is 12.5.